The Morgan fingerprint density at radius 2 is 1.87 bits per heavy atom. The van der Waals surface area contributed by atoms with Gasteiger partial charge in [-0.15, -0.1) is 11.8 Å². The first-order valence-corrected chi connectivity index (χ1v) is 6.71. The zero-order chi connectivity index (χ0) is 11.1. The van der Waals surface area contributed by atoms with Crippen molar-refractivity contribution in [3.8, 4) is 0 Å². The molecule has 1 aromatic rings. The van der Waals surface area contributed by atoms with E-state index in [4.69, 9.17) is 5.73 Å². The number of aryl methyl sites for hydroxylation is 2. The molecule has 0 radical (unpaired) electrons. The van der Waals surface area contributed by atoms with E-state index >= 15 is 0 Å². The van der Waals surface area contributed by atoms with Crippen LogP contribution in [0.2, 0.25) is 0 Å². The number of hydrogen-bond acceptors (Lipinski definition) is 2. The Bertz CT molecular complexity index is 380. The maximum atomic E-state index is 5.90. The highest BCUT2D eigenvalue weighted by Crippen LogP contribution is 2.50. The first-order valence-electron chi connectivity index (χ1n) is 5.49. The maximum absolute atomic E-state index is 5.90. The van der Waals surface area contributed by atoms with Crippen LogP contribution in [-0.2, 0) is 5.41 Å². The standard InChI is InChI=1S/C13H19NS/c1-9-6-11(13(8-14)4-5-13)12(15-3)7-10(9)2/h6-7H,4-5,8,14H2,1-3H3. The minimum absolute atomic E-state index is 0.316. The molecule has 1 saturated carbocycles. The summed E-state index contributed by atoms with van der Waals surface area (Å²) in [6, 6.07) is 4.66. The fraction of sp³-hybridized carbons (Fsp3) is 0.538. The Hall–Kier alpha value is -0.470. The normalized spacial score (nSPS) is 17.9. The summed E-state index contributed by atoms with van der Waals surface area (Å²) in [5.41, 5.74) is 10.5. The molecular weight excluding hydrogens is 202 g/mol. The van der Waals surface area contributed by atoms with Crippen molar-refractivity contribution >= 4 is 11.8 Å². The molecule has 0 aromatic heterocycles. The minimum Gasteiger partial charge on any atom is -0.330 e. The van der Waals surface area contributed by atoms with E-state index < -0.39 is 0 Å². The van der Waals surface area contributed by atoms with Gasteiger partial charge >= 0.3 is 0 Å². The van der Waals surface area contributed by atoms with Crippen LogP contribution in [0, 0.1) is 13.8 Å². The Balaban J connectivity index is 2.50. The molecule has 1 nitrogen and oxygen atoms in total. The van der Waals surface area contributed by atoms with E-state index in [9.17, 15) is 0 Å². The highest BCUT2D eigenvalue weighted by Gasteiger charge is 2.44. The topological polar surface area (TPSA) is 26.0 Å². The van der Waals surface area contributed by atoms with Gasteiger partial charge in [-0.3, -0.25) is 0 Å². The quantitative estimate of drug-likeness (QED) is 0.794. The Morgan fingerprint density at radius 1 is 1.27 bits per heavy atom. The van der Waals surface area contributed by atoms with Gasteiger partial charge in [-0.25, -0.2) is 0 Å². The van der Waals surface area contributed by atoms with E-state index in [0.29, 0.717) is 5.41 Å². The average molecular weight is 221 g/mol. The van der Waals surface area contributed by atoms with E-state index in [0.717, 1.165) is 6.54 Å². The number of rotatable bonds is 3. The Morgan fingerprint density at radius 3 is 2.33 bits per heavy atom. The van der Waals surface area contributed by atoms with Gasteiger partial charge in [0.05, 0.1) is 0 Å². The Labute approximate surface area is 96.4 Å². The van der Waals surface area contributed by atoms with E-state index in [2.05, 4.69) is 32.2 Å². The first-order chi connectivity index (χ1) is 7.13. The molecule has 1 aliphatic rings. The second-order valence-electron chi connectivity index (χ2n) is 4.62. The van der Waals surface area contributed by atoms with Crippen molar-refractivity contribution in [2.24, 2.45) is 5.73 Å². The lowest BCUT2D eigenvalue weighted by Crippen LogP contribution is -2.20. The van der Waals surface area contributed by atoms with Gasteiger partial charge in [0, 0.05) is 16.9 Å². The zero-order valence-corrected chi connectivity index (χ0v) is 10.6. The van der Waals surface area contributed by atoms with Gasteiger partial charge in [0.15, 0.2) is 0 Å². The SMILES string of the molecule is CSc1cc(C)c(C)cc1C1(CN)CC1. The summed E-state index contributed by atoms with van der Waals surface area (Å²) in [5, 5.41) is 0. The molecule has 0 saturated heterocycles. The van der Waals surface area contributed by atoms with Crippen LogP contribution in [0.3, 0.4) is 0 Å². The summed E-state index contributed by atoms with van der Waals surface area (Å²) in [6.07, 6.45) is 4.68. The van der Waals surface area contributed by atoms with Gasteiger partial charge < -0.3 is 5.73 Å². The third-order valence-corrected chi connectivity index (χ3v) is 4.41. The molecule has 2 N–H and O–H groups in total. The predicted octanol–water partition coefficient (Wildman–Crippen LogP) is 3.02. The van der Waals surface area contributed by atoms with Crippen molar-refractivity contribution in [1.29, 1.82) is 0 Å². The fourth-order valence-corrected chi connectivity index (χ4v) is 2.90. The monoisotopic (exact) mass is 221 g/mol. The minimum atomic E-state index is 0.316. The van der Waals surface area contributed by atoms with Gasteiger partial charge in [0.2, 0.25) is 0 Å². The Kier molecular flexibility index (Phi) is 2.82. The number of nitrogens with two attached hydrogens (primary N) is 1. The van der Waals surface area contributed by atoms with E-state index in [-0.39, 0.29) is 0 Å². The summed E-state index contributed by atoms with van der Waals surface area (Å²) in [5.74, 6) is 0. The van der Waals surface area contributed by atoms with Crippen LogP contribution in [0.4, 0.5) is 0 Å². The van der Waals surface area contributed by atoms with Crippen LogP contribution >= 0.6 is 11.8 Å². The number of benzene rings is 1. The largest absolute Gasteiger partial charge is 0.330 e. The molecular formula is C13H19NS. The van der Waals surface area contributed by atoms with Gasteiger partial charge in [-0.05, 0) is 55.7 Å². The molecule has 0 heterocycles. The highest BCUT2D eigenvalue weighted by molar-refractivity contribution is 7.98. The molecule has 2 rings (SSSR count). The van der Waals surface area contributed by atoms with Crippen molar-refractivity contribution in [3.63, 3.8) is 0 Å². The third kappa shape index (κ3) is 1.81. The molecule has 0 spiro atoms. The van der Waals surface area contributed by atoms with Crippen LogP contribution in [0.15, 0.2) is 17.0 Å². The van der Waals surface area contributed by atoms with Crippen molar-refractivity contribution in [1.82, 2.24) is 0 Å². The summed E-state index contributed by atoms with van der Waals surface area (Å²) in [4.78, 5) is 1.42. The van der Waals surface area contributed by atoms with Crippen molar-refractivity contribution in [2.75, 3.05) is 12.8 Å². The molecule has 0 aliphatic heterocycles. The lowest BCUT2D eigenvalue weighted by molar-refractivity contribution is 0.688. The van der Waals surface area contributed by atoms with Crippen molar-refractivity contribution < 1.29 is 0 Å². The van der Waals surface area contributed by atoms with Gasteiger partial charge in [0.1, 0.15) is 0 Å². The molecule has 82 valence electrons. The van der Waals surface area contributed by atoms with Crippen LogP contribution in [0.25, 0.3) is 0 Å². The summed E-state index contributed by atoms with van der Waals surface area (Å²) in [7, 11) is 0. The van der Waals surface area contributed by atoms with Crippen LogP contribution < -0.4 is 5.73 Å². The van der Waals surface area contributed by atoms with Crippen molar-refractivity contribution in [2.45, 2.75) is 37.0 Å². The number of hydrogen-bond donors (Lipinski definition) is 1. The molecule has 0 amide bonds. The van der Waals surface area contributed by atoms with Crippen molar-refractivity contribution in [3.05, 3.63) is 28.8 Å². The van der Waals surface area contributed by atoms with Gasteiger partial charge in [-0.1, -0.05) is 6.07 Å². The molecule has 2 heteroatoms. The summed E-state index contributed by atoms with van der Waals surface area (Å²) in [6.45, 7) is 5.17. The zero-order valence-electron chi connectivity index (χ0n) is 9.76. The molecule has 1 fully saturated rings. The first kappa shape index (κ1) is 11.0. The molecule has 0 unspecified atom stereocenters. The lowest BCUT2D eigenvalue weighted by Gasteiger charge is -2.18. The smallest absolute Gasteiger partial charge is 0.0110 e. The predicted molar refractivity (Wildman–Crippen MR) is 67.7 cm³/mol. The van der Waals surface area contributed by atoms with Crippen LogP contribution in [0.5, 0.6) is 0 Å². The number of thioether (sulfide) groups is 1. The molecule has 0 atom stereocenters. The van der Waals surface area contributed by atoms with E-state index in [1.54, 1.807) is 0 Å². The lowest BCUT2D eigenvalue weighted by atomic mass is 9.93. The third-order valence-electron chi connectivity index (χ3n) is 3.63. The average Bonchev–Trinajstić information content (AvgIpc) is 3.02. The second kappa shape index (κ2) is 3.84. The second-order valence-corrected chi connectivity index (χ2v) is 5.47. The molecule has 1 aliphatic carbocycles. The van der Waals surface area contributed by atoms with Crippen LogP contribution in [-0.4, -0.2) is 12.8 Å². The summed E-state index contributed by atoms with van der Waals surface area (Å²) < 4.78 is 0. The van der Waals surface area contributed by atoms with E-state index in [1.807, 2.05) is 11.8 Å². The maximum Gasteiger partial charge on any atom is 0.0110 e. The van der Waals surface area contributed by atoms with Gasteiger partial charge in [0.25, 0.3) is 0 Å². The fourth-order valence-electron chi connectivity index (χ4n) is 2.11. The van der Waals surface area contributed by atoms with Crippen LogP contribution in [0.1, 0.15) is 29.5 Å². The summed E-state index contributed by atoms with van der Waals surface area (Å²) >= 11 is 1.84. The molecule has 1 aromatic carbocycles. The van der Waals surface area contributed by atoms with E-state index in [1.165, 1.54) is 34.4 Å². The van der Waals surface area contributed by atoms with Gasteiger partial charge in [-0.2, -0.15) is 0 Å². The highest BCUT2D eigenvalue weighted by atomic mass is 32.2. The molecule has 0 bridgehead atoms. The molecule has 15 heavy (non-hydrogen) atoms.